The SMILES string of the molecule is NC1CCC(Nc2ncc3nnn(-c4ccccc4)c3n2)CC1. The minimum atomic E-state index is 0.333. The van der Waals surface area contributed by atoms with Crippen LogP contribution in [0, 0.1) is 0 Å². The minimum Gasteiger partial charge on any atom is -0.351 e. The predicted molar refractivity (Wildman–Crippen MR) is 88.3 cm³/mol. The molecule has 0 radical (unpaired) electrons. The number of nitrogens with one attached hydrogen (secondary N) is 1. The molecule has 0 spiro atoms. The molecule has 7 nitrogen and oxygen atoms in total. The average Bonchev–Trinajstić information content (AvgIpc) is 3.01. The van der Waals surface area contributed by atoms with Gasteiger partial charge in [0, 0.05) is 12.1 Å². The lowest BCUT2D eigenvalue weighted by Gasteiger charge is -2.26. The maximum Gasteiger partial charge on any atom is 0.225 e. The summed E-state index contributed by atoms with van der Waals surface area (Å²) in [6.07, 6.45) is 5.91. The molecule has 0 saturated heterocycles. The normalized spacial score (nSPS) is 21.4. The zero-order valence-electron chi connectivity index (χ0n) is 12.8. The molecule has 2 aromatic heterocycles. The molecule has 0 bridgehead atoms. The van der Waals surface area contributed by atoms with Crippen LogP contribution in [0.3, 0.4) is 0 Å². The summed E-state index contributed by atoms with van der Waals surface area (Å²) < 4.78 is 1.74. The van der Waals surface area contributed by atoms with E-state index in [0.717, 1.165) is 31.4 Å². The van der Waals surface area contributed by atoms with Crippen molar-refractivity contribution in [2.24, 2.45) is 5.73 Å². The van der Waals surface area contributed by atoms with Gasteiger partial charge in [0.2, 0.25) is 5.95 Å². The van der Waals surface area contributed by atoms with Gasteiger partial charge in [-0.2, -0.15) is 9.67 Å². The van der Waals surface area contributed by atoms with Gasteiger partial charge in [0.1, 0.15) is 0 Å². The van der Waals surface area contributed by atoms with Crippen molar-refractivity contribution in [1.29, 1.82) is 0 Å². The molecule has 0 atom stereocenters. The zero-order chi connectivity index (χ0) is 15.6. The van der Waals surface area contributed by atoms with Gasteiger partial charge < -0.3 is 11.1 Å². The summed E-state index contributed by atoms with van der Waals surface area (Å²) in [6, 6.07) is 10.6. The van der Waals surface area contributed by atoms with Crippen molar-refractivity contribution in [1.82, 2.24) is 25.0 Å². The molecule has 1 fully saturated rings. The van der Waals surface area contributed by atoms with Crippen LogP contribution in [0.2, 0.25) is 0 Å². The number of nitrogens with two attached hydrogens (primary N) is 1. The minimum absolute atomic E-state index is 0.333. The third-order valence-corrected chi connectivity index (χ3v) is 4.30. The molecule has 1 saturated carbocycles. The summed E-state index contributed by atoms with van der Waals surface area (Å²) >= 11 is 0. The van der Waals surface area contributed by atoms with Crippen LogP contribution in [0.15, 0.2) is 36.5 Å². The largest absolute Gasteiger partial charge is 0.351 e. The molecule has 7 heteroatoms. The highest BCUT2D eigenvalue weighted by Crippen LogP contribution is 2.21. The summed E-state index contributed by atoms with van der Waals surface area (Å²) in [5.41, 5.74) is 8.28. The third kappa shape index (κ3) is 2.87. The molecule has 2 heterocycles. The summed E-state index contributed by atoms with van der Waals surface area (Å²) in [6.45, 7) is 0. The van der Waals surface area contributed by atoms with Gasteiger partial charge in [-0.05, 0) is 37.8 Å². The highest BCUT2D eigenvalue weighted by molar-refractivity contribution is 5.71. The summed E-state index contributed by atoms with van der Waals surface area (Å²) in [4.78, 5) is 8.97. The Hall–Kier alpha value is -2.54. The average molecular weight is 309 g/mol. The lowest BCUT2D eigenvalue weighted by molar-refractivity contribution is 0.410. The van der Waals surface area contributed by atoms with Crippen molar-refractivity contribution < 1.29 is 0 Å². The monoisotopic (exact) mass is 309 g/mol. The number of fused-ring (bicyclic) bond motifs is 1. The van der Waals surface area contributed by atoms with Crippen LogP contribution in [-0.2, 0) is 0 Å². The maximum atomic E-state index is 5.96. The number of para-hydroxylation sites is 1. The lowest BCUT2D eigenvalue weighted by Crippen LogP contribution is -2.33. The second-order valence-electron chi connectivity index (χ2n) is 6.00. The number of aromatic nitrogens is 5. The molecule has 0 aliphatic heterocycles. The summed E-state index contributed by atoms with van der Waals surface area (Å²) in [5.74, 6) is 0.623. The zero-order valence-corrected chi connectivity index (χ0v) is 12.8. The Morgan fingerprint density at radius 2 is 1.87 bits per heavy atom. The Labute approximate surface area is 133 Å². The first kappa shape index (κ1) is 14.1. The molecule has 4 rings (SSSR count). The van der Waals surface area contributed by atoms with E-state index in [2.05, 4.69) is 25.6 Å². The van der Waals surface area contributed by atoms with Crippen molar-refractivity contribution in [2.45, 2.75) is 37.8 Å². The van der Waals surface area contributed by atoms with E-state index in [1.807, 2.05) is 30.3 Å². The van der Waals surface area contributed by atoms with Gasteiger partial charge in [0.05, 0.1) is 11.9 Å². The molecule has 0 unspecified atom stereocenters. The summed E-state index contributed by atoms with van der Waals surface area (Å²) in [5, 5.41) is 11.7. The van der Waals surface area contributed by atoms with Crippen molar-refractivity contribution in [3.05, 3.63) is 36.5 Å². The van der Waals surface area contributed by atoms with E-state index in [-0.39, 0.29) is 0 Å². The van der Waals surface area contributed by atoms with E-state index >= 15 is 0 Å². The number of nitrogens with zero attached hydrogens (tertiary/aromatic N) is 5. The molecule has 1 aliphatic rings. The number of rotatable bonds is 3. The number of benzene rings is 1. The van der Waals surface area contributed by atoms with Gasteiger partial charge in [0.15, 0.2) is 11.2 Å². The second kappa shape index (κ2) is 5.92. The molecule has 1 aromatic carbocycles. The van der Waals surface area contributed by atoms with Crippen molar-refractivity contribution in [3.63, 3.8) is 0 Å². The van der Waals surface area contributed by atoms with Gasteiger partial charge >= 0.3 is 0 Å². The van der Waals surface area contributed by atoms with Crippen LogP contribution in [0.5, 0.6) is 0 Å². The van der Waals surface area contributed by atoms with E-state index in [4.69, 9.17) is 5.73 Å². The molecule has 0 amide bonds. The molecular formula is C16H19N7. The fourth-order valence-electron chi connectivity index (χ4n) is 2.99. The van der Waals surface area contributed by atoms with Gasteiger partial charge in [-0.3, -0.25) is 0 Å². The second-order valence-corrected chi connectivity index (χ2v) is 6.00. The first-order valence-electron chi connectivity index (χ1n) is 7.95. The van der Waals surface area contributed by atoms with E-state index < -0.39 is 0 Å². The van der Waals surface area contributed by atoms with Gasteiger partial charge in [-0.15, -0.1) is 5.10 Å². The van der Waals surface area contributed by atoms with Crippen molar-refractivity contribution in [2.75, 3.05) is 5.32 Å². The molecule has 1 aliphatic carbocycles. The van der Waals surface area contributed by atoms with E-state index in [9.17, 15) is 0 Å². The molecular weight excluding hydrogens is 290 g/mol. The number of hydrogen-bond donors (Lipinski definition) is 2. The van der Waals surface area contributed by atoms with Crippen molar-refractivity contribution >= 4 is 17.1 Å². The van der Waals surface area contributed by atoms with Gasteiger partial charge in [-0.25, -0.2) is 4.98 Å². The predicted octanol–water partition coefficient (Wildman–Crippen LogP) is 1.89. The highest BCUT2D eigenvalue weighted by Gasteiger charge is 2.19. The lowest BCUT2D eigenvalue weighted by atomic mass is 9.92. The van der Waals surface area contributed by atoms with Gasteiger partial charge in [-0.1, -0.05) is 23.4 Å². The maximum absolute atomic E-state index is 5.96. The Morgan fingerprint density at radius 3 is 2.65 bits per heavy atom. The van der Waals surface area contributed by atoms with Gasteiger partial charge in [0.25, 0.3) is 0 Å². The van der Waals surface area contributed by atoms with Crippen LogP contribution in [0.4, 0.5) is 5.95 Å². The van der Waals surface area contributed by atoms with Crippen LogP contribution < -0.4 is 11.1 Å². The Balaban J connectivity index is 1.62. The van der Waals surface area contributed by atoms with Crippen LogP contribution >= 0.6 is 0 Å². The molecule has 23 heavy (non-hydrogen) atoms. The molecule has 3 aromatic rings. The number of anilines is 1. The van der Waals surface area contributed by atoms with Crippen molar-refractivity contribution in [3.8, 4) is 5.69 Å². The van der Waals surface area contributed by atoms with E-state index in [0.29, 0.717) is 29.2 Å². The third-order valence-electron chi connectivity index (χ3n) is 4.30. The first-order valence-corrected chi connectivity index (χ1v) is 7.95. The Bertz CT molecular complexity index is 791. The summed E-state index contributed by atoms with van der Waals surface area (Å²) in [7, 11) is 0. The Morgan fingerprint density at radius 1 is 1.09 bits per heavy atom. The van der Waals surface area contributed by atoms with E-state index in [1.165, 1.54) is 0 Å². The topological polar surface area (TPSA) is 94.5 Å². The smallest absolute Gasteiger partial charge is 0.225 e. The van der Waals surface area contributed by atoms with E-state index in [1.54, 1.807) is 10.9 Å². The standard InChI is InChI=1S/C16H19N7/c17-11-6-8-12(9-7-11)19-16-18-10-14-15(20-16)23(22-21-14)13-4-2-1-3-5-13/h1-5,10-12H,6-9,17H2,(H,18,19,20). The fraction of sp³-hybridized carbons (Fsp3) is 0.375. The fourth-order valence-corrected chi connectivity index (χ4v) is 2.99. The van der Waals surface area contributed by atoms with Crippen LogP contribution in [0.25, 0.3) is 16.9 Å². The Kier molecular flexibility index (Phi) is 3.63. The quantitative estimate of drug-likeness (QED) is 0.767. The first-order chi connectivity index (χ1) is 11.3. The van der Waals surface area contributed by atoms with Crippen LogP contribution in [-0.4, -0.2) is 37.0 Å². The number of hydrogen-bond acceptors (Lipinski definition) is 6. The van der Waals surface area contributed by atoms with Crippen LogP contribution in [0.1, 0.15) is 25.7 Å². The molecule has 3 N–H and O–H groups in total. The highest BCUT2D eigenvalue weighted by atomic mass is 15.4. The molecule has 118 valence electrons.